The van der Waals surface area contributed by atoms with Crippen LogP contribution in [0.2, 0.25) is 0 Å². The molecule has 0 unspecified atom stereocenters. The van der Waals surface area contributed by atoms with E-state index in [2.05, 4.69) is 26.2 Å². The highest BCUT2D eigenvalue weighted by Gasteiger charge is 2.31. The Morgan fingerprint density at radius 2 is 1.76 bits per heavy atom. The fraction of sp³-hybridized carbons (Fsp3) is 0.692. The summed E-state index contributed by atoms with van der Waals surface area (Å²) in [7, 11) is 1.93. The molecule has 0 atom stereocenters. The van der Waals surface area contributed by atoms with Gasteiger partial charge in [0.15, 0.2) is 0 Å². The van der Waals surface area contributed by atoms with E-state index >= 15 is 0 Å². The summed E-state index contributed by atoms with van der Waals surface area (Å²) in [5.41, 5.74) is 1.23. The molecule has 1 heterocycles. The summed E-state index contributed by atoms with van der Waals surface area (Å²) in [6.07, 6.45) is 7.74. The van der Waals surface area contributed by atoms with Crippen LogP contribution in [0.1, 0.15) is 61.9 Å². The smallest absolute Gasteiger partial charge is 0.144 e. The van der Waals surface area contributed by atoms with E-state index in [4.69, 9.17) is 4.98 Å². The molecule has 0 bridgehead atoms. The summed E-state index contributed by atoms with van der Waals surface area (Å²) in [4.78, 5) is 9.50. The number of halogens is 1. The number of nitrogens with one attached hydrogen (secondary N) is 1. The standard InChI is InChI=1S/C13H18BrN3/c1-15-13-10(14)11(8-6-7-8)16-12(17-13)9-4-2-3-5-9/h8-9H,2-7H2,1H3,(H,15,16,17). The molecule has 0 radical (unpaired) electrons. The number of hydrogen-bond acceptors (Lipinski definition) is 3. The molecule has 0 spiro atoms. The Balaban J connectivity index is 2.00. The normalized spacial score (nSPS) is 20.8. The van der Waals surface area contributed by atoms with Crippen molar-refractivity contribution in [1.29, 1.82) is 0 Å². The number of aromatic nitrogens is 2. The van der Waals surface area contributed by atoms with E-state index < -0.39 is 0 Å². The molecule has 2 aliphatic carbocycles. The summed E-state index contributed by atoms with van der Waals surface area (Å²) in [6.45, 7) is 0. The van der Waals surface area contributed by atoms with Gasteiger partial charge in [0, 0.05) is 18.9 Å². The van der Waals surface area contributed by atoms with Crippen molar-refractivity contribution < 1.29 is 0 Å². The second-order valence-electron chi connectivity index (χ2n) is 5.14. The largest absolute Gasteiger partial charge is 0.372 e. The maximum absolute atomic E-state index is 4.83. The van der Waals surface area contributed by atoms with Crippen molar-refractivity contribution in [3.8, 4) is 0 Å². The molecular weight excluding hydrogens is 278 g/mol. The SMILES string of the molecule is CNc1nc(C2CCCC2)nc(C2CC2)c1Br. The van der Waals surface area contributed by atoms with Crippen LogP contribution in [-0.2, 0) is 0 Å². The van der Waals surface area contributed by atoms with E-state index in [-0.39, 0.29) is 0 Å². The first-order chi connectivity index (χ1) is 8.29. The van der Waals surface area contributed by atoms with Crippen molar-refractivity contribution in [2.75, 3.05) is 12.4 Å². The van der Waals surface area contributed by atoms with Crippen LogP contribution >= 0.6 is 15.9 Å². The topological polar surface area (TPSA) is 37.8 Å². The summed E-state index contributed by atoms with van der Waals surface area (Å²) < 4.78 is 1.07. The van der Waals surface area contributed by atoms with Gasteiger partial charge < -0.3 is 5.32 Å². The van der Waals surface area contributed by atoms with Crippen LogP contribution in [0.5, 0.6) is 0 Å². The molecular formula is C13H18BrN3. The van der Waals surface area contributed by atoms with Crippen LogP contribution < -0.4 is 5.32 Å². The summed E-state index contributed by atoms with van der Waals surface area (Å²) >= 11 is 3.64. The fourth-order valence-corrected chi connectivity index (χ4v) is 3.34. The van der Waals surface area contributed by atoms with Gasteiger partial charge in [-0.25, -0.2) is 9.97 Å². The zero-order valence-electron chi connectivity index (χ0n) is 10.2. The lowest BCUT2D eigenvalue weighted by Crippen LogP contribution is -2.07. The van der Waals surface area contributed by atoms with Crippen LogP contribution in [0.4, 0.5) is 5.82 Å². The van der Waals surface area contributed by atoms with Crippen molar-refractivity contribution in [1.82, 2.24) is 9.97 Å². The van der Waals surface area contributed by atoms with Crippen molar-refractivity contribution in [2.45, 2.75) is 50.4 Å². The maximum atomic E-state index is 4.83. The molecule has 0 saturated heterocycles. The van der Waals surface area contributed by atoms with Gasteiger partial charge in [0.1, 0.15) is 11.6 Å². The first-order valence-electron chi connectivity index (χ1n) is 6.54. The molecule has 0 amide bonds. The van der Waals surface area contributed by atoms with E-state index in [1.165, 1.54) is 44.2 Å². The average Bonchev–Trinajstić information content (AvgIpc) is 3.04. The van der Waals surface area contributed by atoms with Gasteiger partial charge in [-0.2, -0.15) is 0 Å². The predicted molar refractivity (Wildman–Crippen MR) is 72.5 cm³/mol. The minimum Gasteiger partial charge on any atom is -0.372 e. The van der Waals surface area contributed by atoms with E-state index in [1.54, 1.807) is 0 Å². The van der Waals surface area contributed by atoms with Crippen LogP contribution in [0.15, 0.2) is 4.47 Å². The van der Waals surface area contributed by atoms with Crippen LogP contribution in [-0.4, -0.2) is 17.0 Å². The highest BCUT2D eigenvalue weighted by Crippen LogP contribution is 2.45. The van der Waals surface area contributed by atoms with E-state index in [1.807, 2.05) is 7.05 Å². The molecule has 0 aliphatic heterocycles. The van der Waals surface area contributed by atoms with Gasteiger partial charge in [0.2, 0.25) is 0 Å². The molecule has 0 aromatic carbocycles. The van der Waals surface area contributed by atoms with E-state index in [9.17, 15) is 0 Å². The van der Waals surface area contributed by atoms with Gasteiger partial charge >= 0.3 is 0 Å². The van der Waals surface area contributed by atoms with Gasteiger partial charge in [-0.3, -0.25) is 0 Å². The minimum absolute atomic E-state index is 0.590. The molecule has 3 rings (SSSR count). The second kappa shape index (κ2) is 4.56. The average molecular weight is 296 g/mol. The zero-order valence-corrected chi connectivity index (χ0v) is 11.8. The van der Waals surface area contributed by atoms with Gasteiger partial charge in [-0.05, 0) is 41.6 Å². The quantitative estimate of drug-likeness (QED) is 0.921. The third-order valence-corrected chi connectivity index (χ3v) is 4.60. The van der Waals surface area contributed by atoms with Gasteiger partial charge in [-0.1, -0.05) is 12.8 Å². The number of nitrogens with zero attached hydrogens (tertiary/aromatic N) is 2. The lowest BCUT2D eigenvalue weighted by atomic mass is 10.1. The summed E-state index contributed by atoms with van der Waals surface area (Å²) in [6, 6.07) is 0. The molecule has 2 fully saturated rings. The van der Waals surface area contributed by atoms with Crippen LogP contribution in [0.3, 0.4) is 0 Å². The maximum Gasteiger partial charge on any atom is 0.144 e. The first-order valence-corrected chi connectivity index (χ1v) is 7.34. The Bertz CT molecular complexity index is 423. The Morgan fingerprint density at radius 1 is 1.06 bits per heavy atom. The Morgan fingerprint density at radius 3 is 2.35 bits per heavy atom. The Labute approximate surface area is 111 Å². The molecule has 2 aliphatic rings. The third-order valence-electron chi connectivity index (χ3n) is 3.82. The molecule has 92 valence electrons. The summed E-state index contributed by atoms with van der Waals surface area (Å²) in [5, 5.41) is 3.18. The fourth-order valence-electron chi connectivity index (χ4n) is 2.64. The van der Waals surface area contributed by atoms with Crippen molar-refractivity contribution in [3.63, 3.8) is 0 Å². The lowest BCUT2D eigenvalue weighted by Gasteiger charge is -2.14. The number of anilines is 1. The van der Waals surface area contributed by atoms with Gasteiger partial charge in [-0.15, -0.1) is 0 Å². The van der Waals surface area contributed by atoms with E-state index in [0.717, 1.165) is 16.1 Å². The molecule has 1 aromatic heterocycles. The van der Waals surface area contributed by atoms with Gasteiger partial charge in [0.25, 0.3) is 0 Å². The minimum atomic E-state index is 0.590. The van der Waals surface area contributed by atoms with Crippen LogP contribution in [0, 0.1) is 0 Å². The number of rotatable bonds is 3. The lowest BCUT2D eigenvalue weighted by molar-refractivity contribution is 0.660. The number of hydrogen-bond donors (Lipinski definition) is 1. The molecule has 1 N–H and O–H groups in total. The monoisotopic (exact) mass is 295 g/mol. The Hall–Kier alpha value is -0.640. The third kappa shape index (κ3) is 2.19. The zero-order chi connectivity index (χ0) is 11.8. The van der Waals surface area contributed by atoms with Crippen molar-refractivity contribution in [3.05, 3.63) is 16.0 Å². The van der Waals surface area contributed by atoms with E-state index in [0.29, 0.717) is 11.8 Å². The molecule has 1 aromatic rings. The Kier molecular flexibility index (Phi) is 3.07. The molecule has 3 nitrogen and oxygen atoms in total. The van der Waals surface area contributed by atoms with Crippen molar-refractivity contribution >= 4 is 21.7 Å². The molecule has 2 saturated carbocycles. The van der Waals surface area contributed by atoms with Crippen LogP contribution in [0.25, 0.3) is 0 Å². The highest BCUT2D eigenvalue weighted by molar-refractivity contribution is 9.10. The van der Waals surface area contributed by atoms with Crippen molar-refractivity contribution in [2.24, 2.45) is 0 Å². The second-order valence-corrected chi connectivity index (χ2v) is 5.93. The first kappa shape index (κ1) is 11.5. The van der Waals surface area contributed by atoms with Gasteiger partial charge in [0.05, 0.1) is 10.2 Å². The highest BCUT2D eigenvalue weighted by atomic mass is 79.9. The summed E-state index contributed by atoms with van der Waals surface area (Å²) in [5.74, 6) is 3.29. The predicted octanol–water partition coefficient (Wildman–Crippen LogP) is 3.82. The molecule has 4 heteroatoms. The molecule has 17 heavy (non-hydrogen) atoms.